The Balaban J connectivity index is 0.00000576. The van der Waals surface area contributed by atoms with E-state index < -0.39 is 0 Å². The summed E-state index contributed by atoms with van der Waals surface area (Å²) in [7, 11) is 2.14. The Morgan fingerprint density at radius 2 is 1.96 bits per heavy atom. The molecule has 0 aromatic heterocycles. The first-order valence-corrected chi connectivity index (χ1v) is 9.68. The third-order valence-electron chi connectivity index (χ3n) is 4.35. The van der Waals surface area contributed by atoms with Crippen LogP contribution in [0.3, 0.4) is 0 Å². The van der Waals surface area contributed by atoms with Gasteiger partial charge in [0.25, 0.3) is 0 Å². The summed E-state index contributed by atoms with van der Waals surface area (Å²) >= 11 is 0. The van der Waals surface area contributed by atoms with Gasteiger partial charge in [0, 0.05) is 39.8 Å². The van der Waals surface area contributed by atoms with Crippen molar-refractivity contribution in [3.63, 3.8) is 0 Å². The van der Waals surface area contributed by atoms with Gasteiger partial charge in [-0.3, -0.25) is 9.89 Å². The minimum absolute atomic E-state index is 0. The highest BCUT2D eigenvalue weighted by molar-refractivity contribution is 14.0. The van der Waals surface area contributed by atoms with E-state index in [-0.39, 0.29) is 24.0 Å². The minimum atomic E-state index is 0. The molecule has 0 aromatic rings. The van der Waals surface area contributed by atoms with Crippen LogP contribution in [0.2, 0.25) is 0 Å². The molecular weight excluding hydrogens is 427 g/mol. The Morgan fingerprint density at radius 3 is 2.64 bits per heavy atom. The van der Waals surface area contributed by atoms with E-state index in [1.165, 1.54) is 32.2 Å². The van der Waals surface area contributed by atoms with Gasteiger partial charge < -0.3 is 15.0 Å². The molecule has 25 heavy (non-hydrogen) atoms. The molecule has 1 aliphatic heterocycles. The molecular formula is C19H39IN4O. The van der Waals surface area contributed by atoms with Crippen LogP contribution in [-0.2, 0) is 4.74 Å². The van der Waals surface area contributed by atoms with Gasteiger partial charge in [-0.2, -0.15) is 0 Å². The molecule has 0 radical (unpaired) electrons. The third-order valence-corrected chi connectivity index (χ3v) is 4.35. The van der Waals surface area contributed by atoms with Crippen LogP contribution >= 0.6 is 24.0 Å². The molecule has 1 fully saturated rings. The number of halogens is 1. The van der Waals surface area contributed by atoms with Crippen LogP contribution in [0.25, 0.3) is 0 Å². The summed E-state index contributed by atoms with van der Waals surface area (Å²) < 4.78 is 5.38. The summed E-state index contributed by atoms with van der Waals surface area (Å²) in [5.74, 6) is 1.05. The Hall–Kier alpha value is -0.340. The Kier molecular flexibility index (Phi) is 16.9. The maximum Gasteiger partial charge on any atom is 0.193 e. The molecule has 1 saturated heterocycles. The molecule has 0 bridgehead atoms. The SMILES string of the molecule is C=CCCCCCN(C)C(=NCCCCN1CCOCC1)NCC.I. The van der Waals surface area contributed by atoms with E-state index in [1.54, 1.807) is 0 Å². The normalized spacial score (nSPS) is 15.5. The van der Waals surface area contributed by atoms with Gasteiger partial charge in [0.2, 0.25) is 0 Å². The quantitative estimate of drug-likeness (QED) is 0.158. The van der Waals surface area contributed by atoms with Crippen molar-refractivity contribution in [1.29, 1.82) is 0 Å². The van der Waals surface area contributed by atoms with E-state index in [1.807, 2.05) is 6.08 Å². The molecule has 0 aromatic carbocycles. The molecule has 0 saturated carbocycles. The van der Waals surface area contributed by atoms with Crippen LogP contribution in [0, 0.1) is 0 Å². The van der Waals surface area contributed by atoms with Crippen LogP contribution < -0.4 is 5.32 Å². The molecule has 6 heteroatoms. The summed E-state index contributed by atoms with van der Waals surface area (Å²) in [4.78, 5) is 9.54. The summed E-state index contributed by atoms with van der Waals surface area (Å²) in [5.41, 5.74) is 0. The molecule has 148 valence electrons. The average molecular weight is 466 g/mol. The number of aliphatic imine (C=N–C) groups is 1. The van der Waals surface area contributed by atoms with E-state index in [0.29, 0.717) is 0 Å². The predicted octanol–water partition coefficient (Wildman–Crippen LogP) is 3.36. The van der Waals surface area contributed by atoms with Gasteiger partial charge in [-0.15, -0.1) is 30.6 Å². The highest BCUT2D eigenvalue weighted by Crippen LogP contribution is 2.03. The van der Waals surface area contributed by atoms with Crippen molar-refractivity contribution in [3.05, 3.63) is 12.7 Å². The number of hydrogen-bond acceptors (Lipinski definition) is 3. The number of unbranched alkanes of at least 4 members (excludes halogenated alkanes) is 4. The van der Waals surface area contributed by atoms with E-state index in [2.05, 4.69) is 35.7 Å². The standard InChI is InChI=1S/C19H38N4O.HI/c1-4-6-7-8-10-13-22(3)19(20-5-2)21-12-9-11-14-23-15-17-24-18-16-23;/h4H,1,5-18H2,2-3H3,(H,20,21);1H. The average Bonchev–Trinajstić information content (AvgIpc) is 2.61. The maximum absolute atomic E-state index is 5.38. The minimum Gasteiger partial charge on any atom is -0.379 e. The second kappa shape index (κ2) is 17.1. The van der Waals surface area contributed by atoms with Crippen molar-refractivity contribution in [2.24, 2.45) is 4.99 Å². The molecule has 0 amide bonds. The monoisotopic (exact) mass is 466 g/mol. The fourth-order valence-corrected chi connectivity index (χ4v) is 2.85. The van der Waals surface area contributed by atoms with Crippen molar-refractivity contribution in [2.45, 2.75) is 45.4 Å². The van der Waals surface area contributed by atoms with Crippen molar-refractivity contribution in [1.82, 2.24) is 15.1 Å². The molecule has 5 nitrogen and oxygen atoms in total. The highest BCUT2D eigenvalue weighted by atomic mass is 127. The Labute approximate surface area is 172 Å². The number of morpholine rings is 1. The summed E-state index contributed by atoms with van der Waals surface area (Å²) in [6.07, 6.45) is 9.22. The zero-order chi connectivity index (χ0) is 17.5. The molecule has 1 heterocycles. The first-order valence-electron chi connectivity index (χ1n) is 9.68. The van der Waals surface area contributed by atoms with Crippen molar-refractivity contribution >= 4 is 29.9 Å². The second-order valence-corrected chi connectivity index (χ2v) is 6.46. The lowest BCUT2D eigenvalue weighted by Crippen LogP contribution is -2.39. The molecule has 1 aliphatic rings. The number of nitrogens with zero attached hydrogens (tertiary/aromatic N) is 3. The molecule has 0 aliphatic carbocycles. The van der Waals surface area contributed by atoms with Crippen molar-refractivity contribution in [3.8, 4) is 0 Å². The topological polar surface area (TPSA) is 40.1 Å². The van der Waals surface area contributed by atoms with E-state index in [0.717, 1.165) is 64.7 Å². The smallest absolute Gasteiger partial charge is 0.193 e. The number of hydrogen-bond donors (Lipinski definition) is 1. The van der Waals surface area contributed by atoms with Gasteiger partial charge in [0.05, 0.1) is 13.2 Å². The van der Waals surface area contributed by atoms with E-state index in [4.69, 9.17) is 9.73 Å². The van der Waals surface area contributed by atoms with Gasteiger partial charge in [-0.05, 0) is 45.6 Å². The molecule has 1 rings (SSSR count). The summed E-state index contributed by atoms with van der Waals surface area (Å²) in [6, 6.07) is 0. The number of ether oxygens (including phenoxy) is 1. The van der Waals surface area contributed by atoms with Crippen LogP contribution in [0.4, 0.5) is 0 Å². The number of allylic oxidation sites excluding steroid dienone is 1. The maximum atomic E-state index is 5.38. The van der Waals surface area contributed by atoms with E-state index in [9.17, 15) is 0 Å². The van der Waals surface area contributed by atoms with Crippen LogP contribution in [0.15, 0.2) is 17.6 Å². The Morgan fingerprint density at radius 1 is 1.20 bits per heavy atom. The predicted molar refractivity (Wildman–Crippen MR) is 119 cm³/mol. The van der Waals surface area contributed by atoms with Crippen LogP contribution in [0.1, 0.15) is 45.4 Å². The molecule has 0 unspecified atom stereocenters. The summed E-state index contributed by atoms with van der Waals surface area (Å²) in [5, 5.41) is 3.41. The molecule has 1 N–H and O–H groups in total. The summed E-state index contributed by atoms with van der Waals surface area (Å²) in [6.45, 7) is 13.9. The molecule has 0 atom stereocenters. The van der Waals surface area contributed by atoms with Gasteiger partial charge in [0.1, 0.15) is 0 Å². The van der Waals surface area contributed by atoms with Crippen LogP contribution in [-0.4, -0.2) is 75.3 Å². The number of guanidine groups is 1. The Bertz CT molecular complexity index is 346. The zero-order valence-electron chi connectivity index (χ0n) is 16.3. The highest BCUT2D eigenvalue weighted by Gasteiger charge is 2.09. The van der Waals surface area contributed by atoms with E-state index >= 15 is 0 Å². The van der Waals surface area contributed by atoms with Gasteiger partial charge in [-0.1, -0.05) is 12.5 Å². The van der Waals surface area contributed by atoms with Gasteiger partial charge in [0.15, 0.2) is 5.96 Å². The van der Waals surface area contributed by atoms with Gasteiger partial charge >= 0.3 is 0 Å². The lowest BCUT2D eigenvalue weighted by molar-refractivity contribution is 0.0373. The second-order valence-electron chi connectivity index (χ2n) is 6.46. The van der Waals surface area contributed by atoms with Gasteiger partial charge in [-0.25, -0.2) is 0 Å². The largest absolute Gasteiger partial charge is 0.379 e. The van der Waals surface area contributed by atoms with Crippen molar-refractivity contribution < 1.29 is 4.74 Å². The number of rotatable bonds is 12. The lowest BCUT2D eigenvalue weighted by atomic mass is 10.2. The first kappa shape index (κ1) is 24.7. The first-order chi connectivity index (χ1) is 11.8. The fourth-order valence-electron chi connectivity index (χ4n) is 2.85. The van der Waals surface area contributed by atoms with Crippen LogP contribution in [0.5, 0.6) is 0 Å². The molecule has 0 spiro atoms. The van der Waals surface area contributed by atoms with Crippen molar-refractivity contribution in [2.75, 3.05) is 59.5 Å². The third kappa shape index (κ3) is 12.6. The zero-order valence-corrected chi connectivity index (χ0v) is 18.7. The number of nitrogens with one attached hydrogen (secondary N) is 1. The lowest BCUT2D eigenvalue weighted by Gasteiger charge is -2.26. The fraction of sp³-hybridized carbons (Fsp3) is 0.842.